The number of hydrogen-bond donors (Lipinski definition) is 2. The van der Waals surface area contributed by atoms with Crippen LogP contribution in [0.3, 0.4) is 0 Å². The van der Waals surface area contributed by atoms with Gasteiger partial charge in [0.15, 0.2) is 9.84 Å². The van der Waals surface area contributed by atoms with Crippen molar-refractivity contribution in [3.8, 4) is 0 Å². The van der Waals surface area contributed by atoms with Crippen molar-refractivity contribution in [1.29, 1.82) is 0 Å². The maximum atomic E-state index is 12.8. The molecule has 0 spiro atoms. The molecule has 1 aromatic carbocycles. The van der Waals surface area contributed by atoms with Crippen molar-refractivity contribution >= 4 is 15.7 Å². The van der Waals surface area contributed by atoms with Crippen molar-refractivity contribution in [3.63, 3.8) is 0 Å². The summed E-state index contributed by atoms with van der Waals surface area (Å²) in [5, 5.41) is 10.5. The molecule has 0 saturated carbocycles. The minimum Gasteiger partial charge on any atom is -0.349 e. The zero-order valence-corrected chi connectivity index (χ0v) is 16.0. The van der Waals surface area contributed by atoms with Gasteiger partial charge in [-0.15, -0.1) is 0 Å². The van der Waals surface area contributed by atoms with Crippen molar-refractivity contribution in [2.24, 2.45) is 13.0 Å². The fourth-order valence-corrected chi connectivity index (χ4v) is 3.97. The van der Waals surface area contributed by atoms with E-state index in [1.165, 1.54) is 6.26 Å². The van der Waals surface area contributed by atoms with Gasteiger partial charge in [0.2, 0.25) is 5.91 Å². The summed E-state index contributed by atoms with van der Waals surface area (Å²) in [6.45, 7) is 3.28. The van der Waals surface area contributed by atoms with Crippen LogP contribution in [0.4, 0.5) is 0 Å². The Morgan fingerprint density at radius 1 is 1.31 bits per heavy atom. The molecule has 0 bridgehead atoms. The van der Waals surface area contributed by atoms with E-state index in [-0.39, 0.29) is 28.7 Å². The minimum atomic E-state index is -3.22. The molecular formula is C18H24N4O3S. The van der Waals surface area contributed by atoms with Crippen LogP contribution in [-0.4, -0.2) is 43.5 Å². The largest absolute Gasteiger partial charge is 0.349 e. The van der Waals surface area contributed by atoms with E-state index in [4.69, 9.17) is 0 Å². The van der Waals surface area contributed by atoms with Crippen LogP contribution in [0.25, 0.3) is 0 Å². The molecule has 140 valence electrons. The van der Waals surface area contributed by atoms with E-state index in [2.05, 4.69) is 15.7 Å². The number of carbonyl (C=O) groups is 1. The average molecular weight is 376 g/mol. The highest BCUT2D eigenvalue weighted by atomic mass is 32.2. The topological polar surface area (TPSA) is 93.1 Å². The molecule has 1 aliphatic heterocycles. The molecule has 26 heavy (non-hydrogen) atoms. The molecule has 1 unspecified atom stereocenters. The first-order valence-electron chi connectivity index (χ1n) is 8.55. The van der Waals surface area contributed by atoms with E-state index in [9.17, 15) is 13.2 Å². The first-order valence-corrected chi connectivity index (χ1v) is 10.4. The Balaban J connectivity index is 1.68. The number of carbonyl (C=O) groups excluding carboxylic acids is 1. The summed E-state index contributed by atoms with van der Waals surface area (Å²) in [6, 6.07) is 6.43. The van der Waals surface area contributed by atoms with Crippen LogP contribution in [0, 0.1) is 5.92 Å². The van der Waals surface area contributed by atoms with Gasteiger partial charge in [0.05, 0.1) is 23.1 Å². The lowest BCUT2D eigenvalue weighted by molar-refractivity contribution is -0.125. The Morgan fingerprint density at radius 3 is 2.58 bits per heavy atom. The Hall–Kier alpha value is -2.19. The molecule has 3 rings (SSSR count). The monoisotopic (exact) mass is 376 g/mol. The highest BCUT2D eigenvalue weighted by Crippen LogP contribution is 2.28. The van der Waals surface area contributed by atoms with Gasteiger partial charge in [-0.2, -0.15) is 5.10 Å². The molecule has 2 N–H and O–H groups in total. The van der Waals surface area contributed by atoms with Gasteiger partial charge in [0.1, 0.15) is 0 Å². The number of nitrogens with one attached hydrogen (secondary N) is 2. The van der Waals surface area contributed by atoms with Crippen LogP contribution >= 0.6 is 0 Å². The molecule has 0 aliphatic carbocycles. The van der Waals surface area contributed by atoms with Gasteiger partial charge in [-0.05, 0) is 30.2 Å². The van der Waals surface area contributed by atoms with Crippen molar-refractivity contribution < 1.29 is 13.2 Å². The Bertz CT molecular complexity index is 889. The second-order valence-corrected chi connectivity index (χ2v) is 8.91. The van der Waals surface area contributed by atoms with Crippen LogP contribution in [-0.2, 0) is 21.7 Å². The molecule has 8 heteroatoms. The zero-order valence-electron chi connectivity index (χ0n) is 15.1. The summed E-state index contributed by atoms with van der Waals surface area (Å²) in [7, 11) is -1.36. The van der Waals surface area contributed by atoms with E-state index in [0.717, 1.165) is 17.7 Å². The molecule has 2 aromatic rings. The Kier molecular flexibility index (Phi) is 5.15. The average Bonchev–Trinajstić information content (AvgIpc) is 3.22. The maximum Gasteiger partial charge on any atom is 0.225 e. The van der Waals surface area contributed by atoms with Crippen molar-refractivity contribution in [2.75, 3.05) is 19.3 Å². The number of nitrogens with zero attached hydrogens (tertiary/aromatic N) is 2. The van der Waals surface area contributed by atoms with Crippen LogP contribution in [0.2, 0.25) is 0 Å². The van der Waals surface area contributed by atoms with Gasteiger partial charge >= 0.3 is 0 Å². The van der Waals surface area contributed by atoms with E-state index in [0.29, 0.717) is 6.54 Å². The normalized spacial score (nSPS) is 21.5. The molecule has 1 aromatic heterocycles. The third kappa shape index (κ3) is 3.96. The summed E-state index contributed by atoms with van der Waals surface area (Å²) in [6.07, 6.45) is 4.94. The Labute approximate surface area is 153 Å². The third-order valence-corrected chi connectivity index (χ3v) is 6.00. The van der Waals surface area contributed by atoms with Gasteiger partial charge in [0, 0.05) is 38.5 Å². The number of rotatable bonds is 5. The summed E-state index contributed by atoms with van der Waals surface area (Å²) in [5.74, 6) is -0.0657. The predicted octanol–water partition coefficient (Wildman–Crippen LogP) is 1.00. The number of aryl methyl sites for hydroxylation is 1. The lowest BCUT2D eigenvalue weighted by Gasteiger charge is -2.21. The van der Waals surface area contributed by atoms with Crippen LogP contribution in [0.1, 0.15) is 30.0 Å². The smallest absolute Gasteiger partial charge is 0.225 e. The molecule has 7 nitrogen and oxygen atoms in total. The van der Waals surface area contributed by atoms with E-state index < -0.39 is 9.84 Å². The molecule has 0 radical (unpaired) electrons. The third-order valence-electron chi connectivity index (χ3n) is 4.87. The van der Waals surface area contributed by atoms with Crippen LogP contribution < -0.4 is 10.6 Å². The molecule has 1 amide bonds. The number of sulfone groups is 1. The summed E-state index contributed by atoms with van der Waals surface area (Å²) in [4.78, 5) is 13.0. The first kappa shape index (κ1) is 18.6. The SMILES string of the molecule is CC(NC(=O)[C@H]1CNC[C@@H]1c1cnn(C)c1)c1ccc(S(C)(=O)=O)cc1. The van der Waals surface area contributed by atoms with Crippen LogP contribution in [0.5, 0.6) is 0 Å². The predicted molar refractivity (Wildman–Crippen MR) is 98.4 cm³/mol. The lowest BCUT2D eigenvalue weighted by Crippen LogP contribution is -2.36. The van der Waals surface area contributed by atoms with Gasteiger partial charge < -0.3 is 10.6 Å². The van der Waals surface area contributed by atoms with Crippen molar-refractivity contribution in [1.82, 2.24) is 20.4 Å². The lowest BCUT2D eigenvalue weighted by atomic mass is 9.90. The number of benzene rings is 1. The van der Waals surface area contributed by atoms with Gasteiger partial charge in [0.25, 0.3) is 0 Å². The highest BCUT2D eigenvalue weighted by molar-refractivity contribution is 7.90. The van der Waals surface area contributed by atoms with Gasteiger partial charge in [-0.1, -0.05) is 12.1 Å². The zero-order chi connectivity index (χ0) is 18.9. The fourth-order valence-electron chi connectivity index (χ4n) is 3.34. The van der Waals surface area contributed by atoms with Crippen molar-refractivity contribution in [3.05, 3.63) is 47.8 Å². The van der Waals surface area contributed by atoms with Crippen LogP contribution in [0.15, 0.2) is 41.6 Å². The van der Waals surface area contributed by atoms with E-state index in [1.807, 2.05) is 26.4 Å². The molecule has 1 fully saturated rings. The molecule has 3 atom stereocenters. The van der Waals surface area contributed by atoms with Gasteiger partial charge in [-0.3, -0.25) is 9.48 Å². The first-order chi connectivity index (χ1) is 12.3. The van der Waals surface area contributed by atoms with Crippen molar-refractivity contribution in [2.45, 2.75) is 23.8 Å². The number of amides is 1. The fraction of sp³-hybridized carbons (Fsp3) is 0.444. The quantitative estimate of drug-likeness (QED) is 0.812. The van der Waals surface area contributed by atoms with E-state index >= 15 is 0 Å². The molecule has 2 heterocycles. The maximum absolute atomic E-state index is 12.8. The second-order valence-electron chi connectivity index (χ2n) is 6.89. The minimum absolute atomic E-state index is 0.0106. The van der Waals surface area contributed by atoms with E-state index in [1.54, 1.807) is 28.9 Å². The molecule has 1 aliphatic rings. The summed E-state index contributed by atoms with van der Waals surface area (Å²) < 4.78 is 24.9. The van der Waals surface area contributed by atoms with Gasteiger partial charge in [-0.25, -0.2) is 8.42 Å². The molecule has 1 saturated heterocycles. The summed E-state index contributed by atoms with van der Waals surface area (Å²) in [5.41, 5.74) is 1.93. The number of hydrogen-bond acceptors (Lipinski definition) is 5. The summed E-state index contributed by atoms with van der Waals surface area (Å²) >= 11 is 0. The Morgan fingerprint density at radius 2 is 2.00 bits per heavy atom. The number of aromatic nitrogens is 2. The second kappa shape index (κ2) is 7.20. The highest BCUT2D eigenvalue weighted by Gasteiger charge is 2.35. The molecular weight excluding hydrogens is 352 g/mol. The standard InChI is InChI=1S/C18H24N4O3S/c1-12(13-4-6-15(7-5-13)26(3,24)25)21-18(23)17-10-19-9-16(17)14-8-20-22(2)11-14/h4-8,11-12,16-17,19H,9-10H2,1-3H3,(H,21,23)/t12?,16-,17+/m1/s1.